The van der Waals surface area contributed by atoms with E-state index in [9.17, 15) is 31.1 Å². The first kappa shape index (κ1) is 23.1. The molecule has 0 spiro atoms. The second-order valence-corrected chi connectivity index (χ2v) is 2.54. The summed E-state index contributed by atoms with van der Waals surface area (Å²) in [5, 5.41) is 14.2. The van der Waals surface area contributed by atoms with Crippen molar-refractivity contribution in [2.75, 3.05) is 7.11 Å². The number of alkyl halides is 6. The molecule has 0 aliphatic carbocycles. The van der Waals surface area contributed by atoms with Crippen LogP contribution in [0.15, 0.2) is 0 Å². The zero-order valence-corrected chi connectivity index (χ0v) is 10.0. The molecule has 20 heavy (non-hydrogen) atoms. The molecule has 0 bridgehead atoms. The lowest BCUT2D eigenvalue weighted by Gasteiger charge is -1.93. The number of rotatable bonds is 1. The summed E-state index contributed by atoms with van der Waals surface area (Å²) in [5.74, 6) is -5.67. The zero-order chi connectivity index (χ0) is 17.1. The number of esters is 1. The topological polar surface area (TPSA) is 101 Å². The number of methoxy groups -OCH3 is 1. The number of carboxylic acids is 2. The van der Waals surface area contributed by atoms with Crippen molar-refractivity contribution in [3.63, 3.8) is 0 Å². The lowest BCUT2D eigenvalue weighted by molar-refractivity contribution is -0.193. The van der Waals surface area contributed by atoms with Gasteiger partial charge >= 0.3 is 30.3 Å². The molecule has 12 heteroatoms. The van der Waals surface area contributed by atoms with E-state index in [1.54, 1.807) is 6.92 Å². The summed E-state index contributed by atoms with van der Waals surface area (Å²) in [6.45, 7) is 1.76. The van der Waals surface area contributed by atoms with Crippen molar-refractivity contribution in [3.05, 3.63) is 0 Å². The van der Waals surface area contributed by atoms with Gasteiger partial charge in [-0.05, 0) is 0 Å². The van der Waals surface area contributed by atoms with Crippen LogP contribution >= 0.6 is 0 Å². The van der Waals surface area contributed by atoms with Gasteiger partial charge in [0.05, 0.1) is 7.11 Å². The molecule has 0 saturated heterocycles. The van der Waals surface area contributed by atoms with Crippen LogP contribution in [0, 0.1) is 0 Å². The van der Waals surface area contributed by atoms with Crippen LogP contribution in [0.5, 0.6) is 0 Å². The van der Waals surface area contributed by atoms with Crippen molar-refractivity contribution in [1.82, 2.24) is 0 Å². The number of hydrogen-bond donors (Lipinski definition) is 2. The van der Waals surface area contributed by atoms with Crippen LogP contribution in [0.3, 0.4) is 0 Å². The average molecular weight is 316 g/mol. The fourth-order valence-corrected chi connectivity index (χ4v) is 0.144. The molecule has 0 heterocycles. The number of carbonyl (C=O) groups excluding carboxylic acids is 1. The maximum atomic E-state index is 10.6. The van der Waals surface area contributed by atoms with Crippen molar-refractivity contribution in [2.24, 2.45) is 0 Å². The molecule has 0 aliphatic rings. The number of carboxylic acid groups (broad SMARTS) is 2. The van der Waals surface area contributed by atoms with E-state index >= 15 is 0 Å². The number of hydrogen-bond acceptors (Lipinski definition) is 4. The van der Waals surface area contributed by atoms with Gasteiger partial charge in [0.25, 0.3) is 0 Å². The normalized spacial score (nSPS) is 10.2. The minimum Gasteiger partial charge on any atom is -0.475 e. The SMILES string of the molecule is CCC(=O)OC.O=C(O)C(F)(F)F.O=C(O)C(F)(F)F. The van der Waals surface area contributed by atoms with Crippen LogP contribution in [0.4, 0.5) is 26.3 Å². The molecular formula is C8H10F6O6. The number of aliphatic carboxylic acids is 2. The van der Waals surface area contributed by atoms with Gasteiger partial charge in [0.1, 0.15) is 0 Å². The summed E-state index contributed by atoms with van der Waals surface area (Å²) in [6, 6.07) is 0. The average Bonchev–Trinajstić information content (AvgIpc) is 2.27. The molecule has 0 saturated carbocycles. The summed E-state index contributed by atoms with van der Waals surface area (Å²) >= 11 is 0. The van der Waals surface area contributed by atoms with Crippen molar-refractivity contribution < 1.29 is 55.7 Å². The highest BCUT2D eigenvalue weighted by Crippen LogP contribution is 2.13. The van der Waals surface area contributed by atoms with E-state index in [4.69, 9.17) is 19.8 Å². The first-order valence-electron chi connectivity index (χ1n) is 4.37. The van der Waals surface area contributed by atoms with E-state index in [0.29, 0.717) is 6.42 Å². The molecule has 0 aliphatic heterocycles. The fourth-order valence-electron chi connectivity index (χ4n) is 0.144. The van der Waals surface area contributed by atoms with Crippen molar-refractivity contribution in [1.29, 1.82) is 0 Å². The highest BCUT2D eigenvalue weighted by molar-refractivity contribution is 5.73. The largest absolute Gasteiger partial charge is 0.490 e. The predicted molar refractivity (Wildman–Crippen MR) is 49.7 cm³/mol. The van der Waals surface area contributed by atoms with E-state index in [-0.39, 0.29) is 5.97 Å². The Hall–Kier alpha value is -2.01. The van der Waals surface area contributed by atoms with Crippen LogP contribution in [-0.2, 0) is 19.1 Å². The van der Waals surface area contributed by atoms with E-state index < -0.39 is 24.3 Å². The summed E-state index contributed by atoms with van der Waals surface area (Å²) < 4.78 is 67.7. The van der Waals surface area contributed by atoms with Crippen LogP contribution in [0.2, 0.25) is 0 Å². The van der Waals surface area contributed by atoms with Crippen molar-refractivity contribution >= 4 is 17.9 Å². The Kier molecular flexibility index (Phi) is 11.4. The zero-order valence-electron chi connectivity index (χ0n) is 10.0. The Morgan fingerprint density at radius 3 is 1.10 bits per heavy atom. The molecule has 0 unspecified atom stereocenters. The summed E-state index contributed by atoms with van der Waals surface area (Å²) in [6.07, 6.45) is -9.70. The van der Waals surface area contributed by atoms with E-state index in [1.165, 1.54) is 7.11 Å². The third-order valence-electron chi connectivity index (χ3n) is 1.00. The van der Waals surface area contributed by atoms with E-state index in [2.05, 4.69) is 4.74 Å². The minimum absolute atomic E-state index is 0.157. The Labute approximate surface area is 107 Å². The highest BCUT2D eigenvalue weighted by atomic mass is 19.4. The molecule has 2 N–H and O–H groups in total. The molecular weight excluding hydrogens is 306 g/mol. The van der Waals surface area contributed by atoms with Gasteiger partial charge in [-0.2, -0.15) is 26.3 Å². The Morgan fingerprint density at radius 1 is 0.900 bits per heavy atom. The van der Waals surface area contributed by atoms with Gasteiger partial charge in [0, 0.05) is 6.42 Å². The molecule has 0 atom stereocenters. The Bertz CT molecular complexity index is 290. The number of ether oxygens (including phenoxy) is 1. The second-order valence-electron chi connectivity index (χ2n) is 2.54. The second kappa shape index (κ2) is 9.86. The number of carbonyl (C=O) groups is 3. The van der Waals surface area contributed by atoms with Crippen LogP contribution in [0.25, 0.3) is 0 Å². The molecule has 0 rings (SSSR count). The summed E-state index contributed by atoms with van der Waals surface area (Å²) in [4.78, 5) is 27.7. The molecule has 0 fully saturated rings. The van der Waals surface area contributed by atoms with Crippen molar-refractivity contribution in [3.8, 4) is 0 Å². The van der Waals surface area contributed by atoms with Crippen molar-refractivity contribution in [2.45, 2.75) is 25.7 Å². The van der Waals surface area contributed by atoms with Crippen LogP contribution in [-0.4, -0.2) is 47.6 Å². The molecule has 0 amide bonds. The van der Waals surface area contributed by atoms with Gasteiger partial charge in [-0.3, -0.25) is 4.79 Å². The lowest BCUT2D eigenvalue weighted by atomic mass is 10.5. The van der Waals surface area contributed by atoms with Gasteiger partial charge < -0.3 is 14.9 Å². The Morgan fingerprint density at radius 2 is 1.10 bits per heavy atom. The summed E-state index contributed by atoms with van der Waals surface area (Å²) in [5.41, 5.74) is 0. The third kappa shape index (κ3) is 18.4. The monoisotopic (exact) mass is 316 g/mol. The van der Waals surface area contributed by atoms with Crippen LogP contribution < -0.4 is 0 Å². The molecule has 120 valence electrons. The predicted octanol–water partition coefficient (Wildman–Crippen LogP) is 1.84. The summed E-state index contributed by atoms with van der Waals surface area (Å²) in [7, 11) is 1.38. The molecule has 0 aromatic carbocycles. The Balaban J connectivity index is -0.000000218. The van der Waals surface area contributed by atoms with E-state index in [0.717, 1.165) is 0 Å². The lowest BCUT2D eigenvalue weighted by Crippen LogP contribution is -2.21. The maximum absolute atomic E-state index is 10.6. The van der Waals surface area contributed by atoms with Gasteiger partial charge in [0.15, 0.2) is 0 Å². The first-order valence-corrected chi connectivity index (χ1v) is 4.37. The minimum atomic E-state index is -5.08. The maximum Gasteiger partial charge on any atom is 0.490 e. The smallest absolute Gasteiger partial charge is 0.475 e. The first-order chi connectivity index (χ1) is 8.69. The number of halogens is 6. The molecule has 0 aromatic rings. The fraction of sp³-hybridized carbons (Fsp3) is 0.625. The van der Waals surface area contributed by atoms with Crippen LogP contribution in [0.1, 0.15) is 13.3 Å². The standard InChI is InChI=1S/C4H8O2.2C2HF3O2/c1-3-4(5)6-2;2*3-2(4,5)1(6)7/h3H2,1-2H3;2*(H,6,7). The third-order valence-corrected chi connectivity index (χ3v) is 1.00. The van der Waals surface area contributed by atoms with Gasteiger partial charge in [-0.15, -0.1) is 0 Å². The van der Waals surface area contributed by atoms with Gasteiger partial charge in [-0.25, -0.2) is 9.59 Å². The van der Waals surface area contributed by atoms with Gasteiger partial charge in [0.2, 0.25) is 0 Å². The molecule has 0 radical (unpaired) electrons. The quantitative estimate of drug-likeness (QED) is 0.565. The van der Waals surface area contributed by atoms with Gasteiger partial charge in [-0.1, -0.05) is 6.92 Å². The molecule has 0 aromatic heterocycles. The highest BCUT2D eigenvalue weighted by Gasteiger charge is 2.38. The van der Waals surface area contributed by atoms with E-state index in [1.807, 2.05) is 0 Å². The molecule has 6 nitrogen and oxygen atoms in total.